The van der Waals surface area contributed by atoms with Crippen LogP contribution in [-0.4, -0.2) is 0 Å². The van der Waals surface area contributed by atoms with E-state index in [1.54, 1.807) is 0 Å². The lowest BCUT2D eigenvalue weighted by molar-refractivity contribution is 0.595. The Morgan fingerprint density at radius 1 is 0.522 bits per heavy atom. The van der Waals surface area contributed by atoms with E-state index in [4.69, 9.17) is 8.83 Å². The average Bonchev–Trinajstić information content (AvgIpc) is 3.69. The van der Waals surface area contributed by atoms with Crippen molar-refractivity contribution in [1.29, 1.82) is 0 Å². The SMILES string of the molecule is C1=Cc2oc3ccc(C4(c5ccc6oc7ccccc7c6c5)c5ccccc5N(c5ccccc5)c5ccccc54)cc3c2CC1. The van der Waals surface area contributed by atoms with Gasteiger partial charge in [-0.15, -0.1) is 0 Å². The van der Waals surface area contributed by atoms with Crippen molar-refractivity contribution in [3.05, 3.63) is 179 Å². The van der Waals surface area contributed by atoms with Gasteiger partial charge in [0.15, 0.2) is 0 Å². The number of anilines is 3. The van der Waals surface area contributed by atoms with Crippen molar-refractivity contribution in [2.75, 3.05) is 4.90 Å². The van der Waals surface area contributed by atoms with Crippen LogP contribution in [0.5, 0.6) is 0 Å². The fourth-order valence-corrected chi connectivity index (χ4v) is 8.06. The van der Waals surface area contributed by atoms with Crippen LogP contribution >= 0.6 is 0 Å². The first-order valence-corrected chi connectivity index (χ1v) is 16.0. The summed E-state index contributed by atoms with van der Waals surface area (Å²) >= 11 is 0. The number of allylic oxidation sites excluding steroid dienone is 1. The highest BCUT2D eigenvalue weighted by molar-refractivity contribution is 6.05. The molecule has 0 amide bonds. The van der Waals surface area contributed by atoms with Gasteiger partial charge in [-0.05, 0) is 95.8 Å². The lowest BCUT2D eigenvalue weighted by atomic mass is 9.62. The standard InChI is InChI=1S/C43H29NO2/c1-2-12-30(13-3-1)44-37-18-8-6-16-35(37)43(36-17-7-9-19-38(36)44,28-22-24-41-33(26-28)31-14-4-10-20-39(31)45-41)29-23-25-42-34(27-29)32-15-5-11-21-40(32)46-42/h1-4,6-14,16-27H,5,15H2. The maximum Gasteiger partial charge on any atom is 0.135 e. The number of furan rings is 2. The Hall–Kier alpha value is -5.80. The molecule has 3 nitrogen and oxygen atoms in total. The predicted molar refractivity (Wildman–Crippen MR) is 187 cm³/mol. The molecule has 0 radical (unpaired) electrons. The van der Waals surface area contributed by atoms with Crippen molar-refractivity contribution in [2.24, 2.45) is 0 Å². The third-order valence-electron chi connectivity index (χ3n) is 10.0. The largest absolute Gasteiger partial charge is 0.456 e. The number of hydrogen-bond donors (Lipinski definition) is 0. The van der Waals surface area contributed by atoms with Crippen molar-refractivity contribution in [3.63, 3.8) is 0 Å². The molecule has 218 valence electrons. The summed E-state index contributed by atoms with van der Waals surface area (Å²) in [5.41, 5.74) is 11.8. The fraction of sp³-hybridized carbons (Fsp3) is 0.0698. The molecule has 0 saturated heterocycles. The van der Waals surface area contributed by atoms with Crippen molar-refractivity contribution in [2.45, 2.75) is 18.3 Å². The highest BCUT2D eigenvalue weighted by atomic mass is 16.3. The van der Waals surface area contributed by atoms with Gasteiger partial charge in [0.05, 0.1) is 16.8 Å². The summed E-state index contributed by atoms with van der Waals surface area (Å²) in [4.78, 5) is 2.41. The molecule has 0 N–H and O–H groups in total. The first-order chi connectivity index (χ1) is 22.8. The Kier molecular flexibility index (Phi) is 5.32. The predicted octanol–water partition coefficient (Wildman–Crippen LogP) is 11.5. The van der Waals surface area contributed by atoms with E-state index in [-0.39, 0.29) is 0 Å². The van der Waals surface area contributed by atoms with E-state index in [9.17, 15) is 0 Å². The van der Waals surface area contributed by atoms with E-state index >= 15 is 0 Å². The number of nitrogens with zero attached hydrogens (tertiary/aromatic N) is 1. The maximum atomic E-state index is 6.37. The highest BCUT2D eigenvalue weighted by Crippen LogP contribution is 2.58. The molecule has 10 rings (SSSR count). The molecular weight excluding hydrogens is 562 g/mol. The number of para-hydroxylation sites is 4. The summed E-state index contributed by atoms with van der Waals surface area (Å²) in [7, 11) is 0. The third kappa shape index (κ3) is 3.43. The Morgan fingerprint density at radius 3 is 1.89 bits per heavy atom. The zero-order chi connectivity index (χ0) is 30.2. The third-order valence-corrected chi connectivity index (χ3v) is 10.0. The van der Waals surface area contributed by atoms with E-state index < -0.39 is 5.41 Å². The van der Waals surface area contributed by atoms with Crippen LogP contribution in [0.1, 0.15) is 40.0 Å². The van der Waals surface area contributed by atoms with Gasteiger partial charge in [-0.3, -0.25) is 0 Å². The zero-order valence-corrected chi connectivity index (χ0v) is 25.1. The van der Waals surface area contributed by atoms with Crippen molar-refractivity contribution in [1.82, 2.24) is 0 Å². The van der Waals surface area contributed by atoms with E-state index in [0.717, 1.165) is 51.8 Å². The number of rotatable bonds is 3. The summed E-state index contributed by atoms with van der Waals surface area (Å²) in [6.07, 6.45) is 6.36. The molecular formula is C43H29NO2. The zero-order valence-electron chi connectivity index (χ0n) is 25.1. The molecule has 3 heterocycles. The Balaban J connectivity index is 1.36. The van der Waals surface area contributed by atoms with Crippen molar-refractivity contribution in [3.8, 4) is 0 Å². The summed E-state index contributed by atoms with van der Waals surface area (Å²) in [5, 5.41) is 3.45. The molecule has 6 aromatic carbocycles. The van der Waals surface area contributed by atoms with Crippen LogP contribution in [0.4, 0.5) is 17.1 Å². The van der Waals surface area contributed by atoms with Crippen molar-refractivity contribution < 1.29 is 8.83 Å². The fourth-order valence-electron chi connectivity index (χ4n) is 8.06. The molecule has 3 heteroatoms. The van der Waals surface area contributed by atoms with Gasteiger partial charge in [0.2, 0.25) is 0 Å². The van der Waals surface area contributed by atoms with Gasteiger partial charge < -0.3 is 13.7 Å². The number of aryl methyl sites for hydroxylation is 1. The van der Waals surface area contributed by atoms with Crippen molar-refractivity contribution >= 4 is 56.0 Å². The summed E-state index contributed by atoms with van der Waals surface area (Å²) in [6, 6.07) is 50.5. The molecule has 0 bridgehead atoms. The first-order valence-electron chi connectivity index (χ1n) is 16.0. The molecule has 0 saturated carbocycles. The first kappa shape index (κ1) is 25.5. The molecule has 46 heavy (non-hydrogen) atoms. The lowest BCUT2D eigenvalue weighted by Crippen LogP contribution is -2.37. The quantitative estimate of drug-likeness (QED) is 0.205. The van der Waals surface area contributed by atoms with Gasteiger partial charge in [-0.2, -0.15) is 0 Å². The lowest BCUT2D eigenvalue weighted by Gasteiger charge is -2.46. The normalized spacial score (nSPS) is 14.8. The van der Waals surface area contributed by atoms with E-state index in [2.05, 4.69) is 151 Å². The van der Waals surface area contributed by atoms with Crippen LogP contribution in [0.2, 0.25) is 0 Å². The van der Waals surface area contributed by atoms with Gasteiger partial charge >= 0.3 is 0 Å². The van der Waals surface area contributed by atoms with Crippen LogP contribution in [0.25, 0.3) is 39.0 Å². The van der Waals surface area contributed by atoms with E-state index in [1.807, 2.05) is 6.07 Å². The highest BCUT2D eigenvalue weighted by Gasteiger charge is 2.46. The Bertz CT molecular complexity index is 2450. The molecule has 0 spiro atoms. The van der Waals surface area contributed by atoms with Crippen LogP contribution in [-0.2, 0) is 11.8 Å². The van der Waals surface area contributed by atoms with Crippen LogP contribution in [0.3, 0.4) is 0 Å². The smallest absolute Gasteiger partial charge is 0.135 e. The molecule has 0 atom stereocenters. The Labute approximate surface area is 266 Å². The molecule has 1 aliphatic heterocycles. The number of benzene rings is 6. The van der Waals surface area contributed by atoms with E-state index in [1.165, 1.54) is 44.6 Å². The summed E-state index contributed by atoms with van der Waals surface area (Å²) in [6.45, 7) is 0. The molecule has 8 aromatic rings. The number of hydrogen-bond acceptors (Lipinski definition) is 3. The molecule has 2 aliphatic rings. The maximum absolute atomic E-state index is 6.37. The van der Waals surface area contributed by atoms with Crippen LogP contribution < -0.4 is 4.90 Å². The van der Waals surface area contributed by atoms with Crippen LogP contribution in [0.15, 0.2) is 154 Å². The molecule has 2 aromatic heterocycles. The second-order valence-electron chi connectivity index (χ2n) is 12.4. The number of fused-ring (bicyclic) bond motifs is 8. The van der Waals surface area contributed by atoms with E-state index in [0.29, 0.717) is 0 Å². The van der Waals surface area contributed by atoms with Gasteiger partial charge in [0, 0.05) is 27.4 Å². The van der Waals surface area contributed by atoms with Gasteiger partial charge in [-0.1, -0.05) is 91.0 Å². The summed E-state index contributed by atoms with van der Waals surface area (Å²) in [5.74, 6) is 0.985. The monoisotopic (exact) mass is 591 g/mol. The van der Waals surface area contributed by atoms with Gasteiger partial charge in [-0.25, -0.2) is 0 Å². The molecule has 1 aliphatic carbocycles. The molecule has 0 unspecified atom stereocenters. The van der Waals surface area contributed by atoms with Gasteiger partial charge in [0.1, 0.15) is 22.5 Å². The van der Waals surface area contributed by atoms with Gasteiger partial charge in [0.25, 0.3) is 0 Å². The minimum atomic E-state index is -0.617. The minimum absolute atomic E-state index is 0.617. The second kappa shape index (κ2) is 9.60. The second-order valence-corrected chi connectivity index (χ2v) is 12.4. The minimum Gasteiger partial charge on any atom is -0.456 e. The molecule has 0 fully saturated rings. The topological polar surface area (TPSA) is 29.5 Å². The Morgan fingerprint density at radius 2 is 1.13 bits per heavy atom. The average molecular weight is 592 g/mol. The van der Waals surface area contributed by atoms with Crippen LogP contribution in [0, 0.1) is 0 Å². The summed E-state index contributed by atoms with van der Waals surface area (Å²) < 4.78 is 12.7.